The zero-order valence-electron chi connectivity index (χ0n) is 10.2. The smallest absolute Gasteiger partial charge is 0.125 e. The largest absolute Gasteiger partial charge is 0.487 e. The first-order valence-electron chi connectivity index (χ1n) is 6.34. The average molecular weight is 236 g/mol. The average Bonchev–Trinajstić information content (AvgIpc) is 2.75. The molecule has 0 bridgehead atoms. The van der Waals surface area contributed by atoms with Crippen molar-refractivity contribution < 1.29 is 14.9 Å². The Bertz CT molecular complexity index is 364. The summed E-state index contributed by atoms with van der Waals surface area (Å²) < 4.78 is 5.83. The summed E-state index contributed by atoms with van der Waals surface area (Å²) in [4.78, 5) is 0. The molecule has 0 spiro atoms. The molecule has 3 atom stereocenters. The third-order valence-electron chi connectivity index (χ3n) is 3.36. The maximum Gasteiger partial charge on any atom is 0.125 e. The summed E-state index contributed by atoms with van der Waals surface area (Å²) in [6.07, 6.45) is 2.37. The third-order valence-corrected chi connectivity index (χ3v) is 3.36. The Morgan fingerprint density at radius 3 is 2.76 bits per heavy atom. The Labute approximate surface area is 102 Å². The van der Waals surface area contributed by atoms with Crippen molar-refractivity contribution in [3.63, 3.8) is 0 Å². The second kappa shape index (κ2) is 5.52. The number of hydrogen-bond donors (Lipinski definition) is 2. The van der Waals surface area contributed by atoms with E-state index < -0.39 is 6.10 Å². The molecule has 2 unspecified atom stereocenters. The molecular weight excluding hydrogens is 216 g/mol. The molecule has 1 fully saturated rings. The van der Waals surface area contributed by atoms with Crippen LogP contribution < -0.4 is 4.74 Å². The highest BCUT2D eigenvalue weighted by atomic mass is 16.5. The van der Waals surface area contributed by atoms with Crippen molar-refractivity contribution in [2.45, 2.75) is 50.9 Å². The van der Waals surface area contributed by atoms with Crippen LogP contribution in [-0.2, 0) is 0 Å². The monoisotopic (exact) mass is 236 g/mol. The highest BCUT2D eigenvalue weighted by molar-refractivity contribution is 5.35. The summed E-state index contributed by atoms with van der Waals surface area (Å²) in [5, 5.41) is 19.7. The second-order valence-corrected chi connectivity index (χ2v) is 4.62. The van der Waals surface area contributed by atoms with Gasteiger partial charge in [0.25, 0.3) is 0 Å². The molecular formula is C14H20O3. The van der Waals surface area contributed by atoms with Gasteiger partial charge in [0, 0.05) is 5.56 Å². The van der Waals surface area contributed by atoms with E-state index in [1.165, 1.54) is 0 Å². The van der Waals surface area contributed by atoms with Gasteiger partial charge in [-0.05, 0) is 31.7 Å². The van der Waals surface area contributed by atoms with E-state index in [9.17, 15) is 10.2 Å². The molecule has 2 N–H and O–H groups in total. The predicted octanol–water partition coefficient (Wildman–Crippen LogP) is 2.42. The molecule has 3 nitrogen and oxygen atoms in total. The first kappa shape index (κ1) is 12.4. The molecule has 1 aliphatic carbocycles. The number of aliphatic hydroxyl groups excluding tert-OH is 2. The van der Waals surface area contributed by atoms with Gasteiger partial charge in [0.05, 0.1) is 12.2 Å². The number of ether oxygens (including phenoxy) is 1. The fourth-order valence-electron chi connectivity index (χ4n) is 2.29. The van der Waals surface area contributed by atoms with Crippen LogP contribution in [0.25, 0.3) is 0 Å². The van der Waals surface area contributed by atoms with Gasteiger partial charge in [-0.1, -0.05) is 25.1 Å². The van der Waals surface area contributed by atoms with Gasteiger partial charge in [-0.3, -0.25) is 0 Å². The Kier molecular flexibility index (Phi) is 4.02. The lowest BCUT2D eigenvalue weighted by Crippen LogP contribution is -2.26. The van der Waals surface area contributed by atoms with E-state index in [1.54, 1.807) is 0 Å². The minimum Gasteiger partial charge on any atom is -0.487 e. The molecule has 2 rings (SSSR count). The first-order chi connectivity index (χ1) is 8.22. The summed E-state index contributed by atoms with van der Waals surface area (Å²) in [5.74, 6) is 0.702. The molecule has 94 valence electrons. The van der Waals surface area contributed by atoms with Gasteiger partial charge in [0.15, 0.2) is 0 Å². The van der Waals surface area contributed by atoms with Crippen LogP contribution >= 0.6 is 0 Å². The Morgan fingerprint density at radius 1 is 1.35 bits per heavy atom. The molecule has 0 aliphatic heterocycles. The molecule has 0 saturated heterocycles. The fourth-order valence-corrected chi connectivity index (χ4v) is 2.29. The molecule has 0 heterocycles. The highest BCUT2D eigenvalue weighted by Crippen LogP contribution is 2.31. The molecule has 3 heteroatoms. The molecule has 0 aromatic heterocycles. The first-order valence-corrected chi connectivity index (χ1v) is 6.34. The fraction of sp³-hybridized carbons (Fsp3) is 0.571. The standard InChI is InChI=1S/C14H20O3/c1-2-11(15)10-6-3-4-8-13(10)17-14-9-5-7-12(14)16/h3-4,6,8,11-12,14-16H,2,5,7,9H2,1H3/t11-,12?,14?/m0/s1. The third kappa shape index (κ3) is 2.79. The predicted molar refractivity (Wildman–Crippen MR) is 66.0 cm³/mol. The van der Waals surface area contributed by atoms with Gasteiger partial charge in [-0.15, -0.1) is 0 Å². The Hall–Kier alpha value is -1.06. The summed E-state index contributed by atoms with van der Waals surface area (Å²) in [5.41, 5.74) is 0.814. The van der Waals surface area contributed by atoms with E-state index in [0.717, 1.165) is 24.8 Å². The maximum absolute atomic E-state index is 9.91. The Morgan fingerprint density at radius 2 is 2.12 bits per heavy atom. The van der Waals surface area contributed by atoms with E-state index in [0.29, 0.717) is 12.2 Å². The number of benzene rings is 1. The molecule has 1 aromatic carbocycles. The quantitative estimate of drug-likeness (QED) is 0.844. The normalized spacial score (nSPS) is 25.8. The van der Waals surface area contributed by atoms with Crippen LogP contribution in [0.2, 0.25) is 0 Å². The number of rotatable bonds is 4. The van der Waals surface area contributed by atoms with Crippen LogP contribution in [-0.4, -0.2) is 22.4 Å². The van der Waals surface area contributed by atoms with Gasteiger partial charge in [0.2, 0.25) is 0 Å². The van der Waals surface area contributed by atoms with Crippen LogP contribution in [0.15, 0.2) is 24.3 Å². The van der Waals surface area contributed by atoms with Crippen LogP contribution in [0, 0.1) is 0 Å². The number of aliphatic hydroxyl groups is 2. The summed E-state index contributed by atoms with van der Waals surface area (Å²) >= 11 is 0. The van der Waals surface area contributed by atoms with Crippen molar-refractivity contribution in [3.8, 4) is 5.75 Å². The number of para-hydroxylation sites is 1. The minimum atomic E-state index is -0.496. The number of hydrogen-bond acceptors (Lipinski definition) is 3. The second-order valence-electron chi connectivity index (χ2n) is 4.62. The molecule has 0 amide bonds. The zero-order chi connectivity index (χ0) is 12.3. The minimum absolute atomic E-state index is 0.125. The van der Waals surface area contributed by atoms with Crippen molar-refractivity contribution in [2.75, 3.05) is 0 Å². The van der Waals surface area contributed by atoms with E-state index in [4.69, 9.17) is 4.74 Å². The van der Waals surface area contributed by atoms with Gasteiger partial charge in [-0.25, -0.2) is 0 Å². The molecule has 17 heavy (non-hydrogen) atoms. The summed E-state index contributed by atoms with van der Waals surface area (Å²) in [6.45, 7) is 1.94. The molecule has 1 saturated carbocycles. The van der Waals surface area contributed by atoms with Crippen LogP contribution in [0.5, 0.6) is 5.75 Å². The van der Waals surface area contributed by atoms with Crippen molar-refractivity contribution >= 4 is 0 Å². The van der Waals surface area contributed by atoms with Crippen LogP contribution in [0.3, 0.4) is 0 Å². The highest BCUT2D eigenvalue weighted by Gasteiger charge is 2.27. The lowest BCUT2D eigenvalue weighted by Gasteiger charge is -2.21. The van der Waals surface area contributed by atoms with Crippen molar-refractivity contribution in [3.05, 3.63) is 29.8 Å². The van der Waals surface area contributed by atoms with Crippen molar-refractivity contribution in [1.29, 1.82) is 0 Å². The topological polar surface area (TPSA) is 49.7 Å². The summed E-state index contributed by atoms with van der Waals surface area (Å²) in [6, 6.07) is 7.53. The van der Waals surface area contributed by atoms with Gasteiger partial charge >= 0.3 is 0 Å². The lowest BCUT2D eigenvalue weighted by molar-refractivity contribution is 0.0571. The van der Waals surface area contributed by atoms with Crippen LogP contribution in [0.4, 0.5) is 0 Å². The van der Waals surface area contributed by atoms with E-state index >= 15 is 0 Å². The van der Waals surface area contributed by atoms with Crippen molar-refractivity contribution in [2.24, 2.45) is 0 Å². The van der Waals surface area contributed by atoms with Crippen molar-refractivity contribution in [1.82, 2.24) is 0 Å². The lowest BCUT2D eigenvalue weighted by atomic mass is 10.1. The Balaban J connectivity index is 2.14. The molecule has 1 aliphatic rings. The maximum atomic E-state index is 9.91. The van der Waals surface area contributed by atoms with E-state index in [1.807, 2.05) is 31.2 Å². The van der Waals surface area contributed by atoms with E-state index in [2.05, 4.69) is 0 Å². The van der Waals surface area contributed by atoms with Gasteiger partial charge in [-0.2, -0.15) is 0 Å². The van der Waals surface area contributed by atoms with Crippen LogP contribution in [0.1, 0.15) is 44.3 Å². The SMILES string of the molecule is CC[C@H](O)c1ccccc1OC1CCCC1O. The summed E-state index contributed by atoms with van der Waals surface area (Å²) in [7, 11) is 0. The van der Waals surface area contributed by atoms with E-state index in [-0.39, 0.29) is 12.2 Å². The molecule has 1 aromatic rings. The van der Waals surface area contributed by atoms with Gasteiger partial charge in [0.1, 0.15) is 11.9 Å². The molecule has 0 radical (unpaired) electrons. The zero-order valence-corrected chi connectivity index (χ0v) is 10.2. The van der Waals surface area contributed by atoms with Gasteiger partial charge < -0.3 is 14.9 Å².